The summed E-state index contributed by atoms with van der Waals surface area (Å²) >= 11 is 11.9. The van der Waals surface area contributed by atoms with Crippen molar-refractivity contribution in [1.82, 2.24) is 10.6 Å². The van der Waals surface area contributed by atoms with Crippen molar-refractivity contribution in [1.29, 1.82) is 0 Å². The van der Waals surface area contributed by atoms with E-state index in [0.717, 1.165) is 11.3 Å². The van der Waals surface area contributed by atoms with Crippen molar-refractivity contribution in [3.05, 3.63) is 58.0 Å². The van der Waals surface area contributed by atoms with E-state index in [2.05, 4.69) is 15.6 Å². The predicted octanol–water partition coefficient (Wildman–Crippen LogP) is 4.09. The molecule has 8 heteroatoms. The van der Waals surface area contributed by atoms with Crippen LogP contribution in [0.1, 0.15) is 11.3 Å². The van der Waals surface area contributed by atoms with Crippen LogP contribution in [0.5, 0.6) is 0 Å². The van der Waals surface area contributed by atoms with Gasteiger partial charge in [-0.05, 0) is 29.8 Å². The Hall–Kier alpha value is -0.960. The van der Waals surface area contributed by atoms with E-state index in [1.807, 2.05) is 18.2 Å². The fourth-order valence-corrected chi connectivity index (χ4v) is 2.33. The van der Waals surface area contributed by atoms with Gasteiger partial charge in [0.25, 0.3) is 0 Å². The molecule has 5 nitrogen and oxygen atoms in total. The van der Waals surface area contributed by atoms with Crippen molar-refractivity contribution >= 4 is 53.1 Å². The van der Waals surface area contributed by atoms with E-state index in [-0.39, 0.29) is 24.0 Å². The van der Waals surface area contributed by atoms with Crippen LogP contribution in [0.4, 0.5) is 0 Å². The number of ether oxygens (including phenoxy) is 1. The largest absolute Gasteiger partial charge is 0.467 e. The van der Waals surface area contributed by atoms with Crippen LogP contribution in [-0.2, 0) is 17.9 Å². The van der Waals surface area contributed by atoms with Gasteiger partial charge in [0.1, 0.15) is 5.76 Å². The minimum Gasteiger partial charge on any atom is -0.467 e. The number of aliphatic imine (C=N–C) groups is 1. The Morgan fingerprint density at radius 2 is 2.08 bits per heavy atom. The molecule has 1 heterocycles. The van der Waals surface area contributed by atoms with E-state index in [1.54, 1.807) is 25.4 Å². The number of guanidine groups is 1. The van der Waals surface area contributed by atoms with Crippen LogP contribution in [0.15, 0.2) is 46.0 Å². The molecule has 2 rings (SSSR count). The number of hydrogen-bond donors (Lipinski definition) is 2. The quantitative estimate of drug-likeness (QED) is 0.269. The molecule has 0 radical (unpaired) electrons. The molecule has 1 aromatic carbocycles. The van der Waals surface area contributed by atoms with E-state index in [4.69, 9.17) is 32.4 Å². The lowest BCUT2D eigenvalue weighted by Crippen LogP contribution is -2.38. The van der Waals surface area contributed by atoms with Gasteiger partial charge in [-0.25, -0.2) is 0 Å². The molecular formula is C16H20Cl2IN3O2. The maximum Gasteiger partial charge on any atom is 0.191 e. The maximum atomic E-state index is 6.09. The van der Waals surface area contributed by atoms with Crippen LogP contribution in [0.25, 0.3) is 0 Å². The van der Waals surface area contributed by atoms with Crippen molar-refractivity contribution in [3.8, 4) is 0 Å². The highest BCUT2D eigenvalue weighted by molar-refractivity contribution is 14.0. The Kier molecular flexibility index (Phi) is 10.2. The summed E-state index contributed by atoms with van der Waals surface area (Å²) < 4.78 is 10.8. The molecule has 0 unspecified atom stereocenters. The summed E-state index contributed by atoms with van der Waals surface area (Å²) in [6, 6.07) is 9.12. The number of furan rings is 1. The Labute approximate surface area is 168 Å². The average molecular weight is 484 g/mol. The molecule has 0 fully saturated rings. The summed E-state index contributed by atoms with van der Waals surface area (Å²) in [6.07, 6.45) is 1.64. The number of halogens is 3. The number of nitrogens with one attached hydrogen (secondary N) is 2. The topological polar surface area (TPSA) is 58.8 Å². The molecule has 1 aromatic heterocycles. The fraction of sp³-hybridized carbons (Fsp3) is 0.312. The first-order chi connectivity index (χ1) is 11.2. The SMILES string of the molecule is CN=C(NCCOCc1ccc(Cl)cc1Cl)NCc1ccco1.I. The molecule has 24 heavy (non-hydrogen) atoms. The molecular weight excluding hydrogens is 464 g/mol. The normalized spacial score (nSPS) is 11.0. The number of hydrogen-bond acceptors (Lipinski definition) is 3. The molecule has 0 aliphatic rings. The summed E-state index contributed by atoms with van der Waals surface area (Å²) in [4.78, 5) is 4.13. The summed E-state index contributed by atoms with van der Waals surface area (Å²) in [5.74, 6) is 1.54. The minimum absolute atomic E-state index is 0. The monoisotopic (exact) mass is 483 g/mol. The first kappa shape index (κ1) is 21.1. The van der Waals surface area contributed by atoms with Gasteiger partial charge in [-0.1, -0.05) is 29.3 Å². The van der Waals surface area contributed by atoms with Gasteiger partial charge in [-0.15, -0.1) is 24.0 Å². The third-order valence-electron chi connectivity index (χ3n) is 3.05. The smallest absolute Gasteiger partial charge is 0.191 e. The lowest BCUT2D eigenvalue weighted by molar-refractivity contribution is 0.125. The van der Waals surface area contributed by atoms with Gasteiger partial charge in [-0.3, -0.25) is 4.99 Å². The van der Waals surface area contributed by atoms with Crippen molar-refractivity contribution in [2.75, 3.05) is 20.2 Å². The number of nitrogens with zero attached hydrogens (tertiary/aromatic N) is 1. The lowest BCUT2D eigenvalue weighted by atomic mass is 10.2. The van der Waals surface area contributed by atoms with Gasteiger partial charge in [0, 0.05) is 23.6 Å². The summed E-state index contributed by atoms with van der Waals surface area (Å²) in [5.41, 5.74) is 0.913. The van der Waals surface area contributed by atoms with Gasteiger partial charge in [0.15, 0.2) is 5.96 Å². The fourth-order valence-electron chi connectivity index (χ4n) is 1.87. The minimum atomic E-state index is 0. The first-order valence-electron chi connectivity index (χ1n) is 7.17. The maximum absolute atomic E-state index is 6.09. The molecule has 0 atom stereocenters. The second-order valence-corrected chi connectivity index (χ2v) is 5.56. The second kappa shape index (κ2) is 11.6. The van der Waals surface area contributed by atoms with Crippen LogP contribution in [0.2, 0.25) is 10.0 Å². The summed E-state index contributed by atoms with van der Waals surface area (Å²) in [7, 11) is 1.71. The number of rotatable bonds is 7. The Morgan fingerprint density at radius 1 is 1.25 bits per heavy atom. The van der Waals surface area contributed by atoms with Gasteiger partial charge in [0.2, 0.25) is 0 Å². The Bertz CT molecular complexity index is 636. The molecule has 0 amide bonds. The van der Waals surface area contributed by atoms with Crippen LogP contribution < -0.4 is 10.6 Å². The van der Waals surface area contributed by atoms with Crippen molar-refractivity contribution < 1.29 is 9.15 Å². The zero-order chi connectivity index (χ0) is 16.5. The molecule has 0 bridgehead atoms. The highest BCUT2D eigenvalue weighted by Gasteiger charge is 2.02. The van der Waals surface area contributed by atoms with Gasteiger partial charge >= 0.3 is 0 Å². The highest BCUT2D eigenvalue weighted by Crippen LogP contribution is 2.21. The zero-order valence-electron chi connectivity index (χ0n) is 13.2. The highest BCUT2D eigenvalue weighted by atomic mass is 127. The average Bonchev–Trinajstić information content (AvgIpc) is 3.05. The molecule has 132 valence electrons. The second-order valence-electron chi connectivity index (χ2n) is 4.72. The van der Waals surface area contributed by atoms with Crippen molar-refractivity contribution in [2.45, 2.75) is 13.2 Å². The first-order valence-corrected chi connectivity index (χ1v) is 7.93. The van der Waals surface area contributed by atoms with E-state index >= 15 is 0 Å². The standard InChI is InChI=1S/C16H19Cl2N3O2.HI/c1-19-16(21-10-14-3-2-7-23-14)20-6-8-22-11-12-4-5-13(17)9-15(12)18;/h2-5,7,9H,6,8,10-11H2,1H3,(H2,19,20,21);1H. The lowest BCUT2D eigenvalue weighted by Gasteiger charge is -2.11. The summed E-state index contributed by atoms with van der Waals surface area (Å²) in [6.45, 7) is 2.17. The molecule has 0 saturated heterocycles. The van der Waals surface area contributed by atoms with E-state index < -0.39 is 0 Å². The molecule has 0 aliphatic heterocycles. The van der Waals surface area contributed by atoms with Crippen molar-refractivity contribution in [2.24, 2.45) is 4.99 Å². The van der Waals surface area contributed by atoms with Gasteiger partial charge in [-0.2, -0.15) is 0 Å². The van der Waals surface area contributed by atoms with Crippen LogP contribution in [0.3, 0.4) is 0 Å². The van der Waals surface area contributed by atoms with E-state index in [1.165, 1.54) is 0 Å². The molecule has 2 aromatic rings. The van der Waals surface area contributed by atoms with Crippen LogP contribution in [0, 0.1) is 0 Å². The third-order valence-corrected chi connectivity index (χ3v) is 3.63. The predicted molar refractivity (Wildman–Crippen MR) is 108 cm³/mol. The zero-order valence-corrected chi connectivity index (χ0v) is 17.1. The molecule has 0 saturated carbocycles. The summed E-state index contributed by atoms with van der Waals surface area (Å²) in [5, 5.41) is 7.54. The third kappa shape index (κ3) is 7.29. The van der Waals surface area contributed by atoms with E-state index in [0.29, 0.717) is 42.3 Å². The van der Waals surface area contributed by atoms with Gasteiger partial charge in [0.05, 0.1) is 26.0 Å². The number of benzene rings is 1. The molecule has 0 aliphatic carbocycles. The van der Waals surface area contributed by atoms with E-state index in [9.17, 15) is 0 Å². The molecule has 0 spiro atoms. The molecule has 2 N–H and O–H groups in total. The van der Waals surface area contributed by atoms with Crippen LogP contribution in [-0.4, -0.2) is 26.2 Å². The Balaban J connectivity index is 0.00000288. The van der Waals surface area contributed by atoms with Gasteiger partial charge < -0.3 is 19.8 Å². The van der Waals surface area contributed by atoms with Crippen molar-refractivity contribution in [3.63, 3.8) is 0 Å². The Morgan fingerprint density at radius 3 is 2.75 bits per heavy atom. The van der Waals surface area contributed by atoms with Crippen LogP contribution >= 0.6 is 47.2 Å².